The van der Waals surface area contributed by atoms with Crippen LogP contribution in [-0.2, 0) is 4.74 Å². The Balaban J connectivity index is 1.69. The number of ether oxygens (including phenoxy) is 1. The molecule has 0 atom stereocenters. The fraction of sp³-hybridized carbons (Fsp3) is 0.500. The van der Waals surface area contributed by atoms with E-state index >= 15 is 0 Å². The van der Waals surface area contributed by atoms with E-state index in [1.54, 1.807) is 0 Å². The van der Waals surface area contributed by atoms with Gasteiger partial charge in [-0.05, 0) is 25.0 Å². The Labute approximate surface area is 101 Å². The number of hydrogen-bond donors (Lipinski definition) is 0. The van der Waals surface area contributed by atoms with Gasteiger partial charge in [0.05, 0.1) is 0 Å². The van der Waals surface area contributed by atoms with Crippen LogP contribution in [0.5, 0.6) is 0 Å². The fourth-order valence-electron chi connectivity index (χ4n) is 2.86. The largest absolute Gasteiger partial charge is 0.381 e. The van der Waals surface area contributed by atoms with E-state index in [4.69, 9.17) is 4.74 Å². The molecular formula is C14H17NO2. The third-order valence-electron chi connectivity index (χ3n) is 3.98. The molecule has 3 rings (SSSR count). The van der Waals surface area contributed by atoms with E-state index in [-0.39, 0.29) is 0 Å². The van der Waals surface area contributed by atoms with Gasteiger partial charge in [0.1, 0.15) is 6.29 Å². The molecule has 1 aromatic rings. The van der Waals surface area contributed by atoms with Crippen LogP contribution in [0.3, 0.4) is 0 Å². The first-order chi connectivity index (χ1) is 8.31. The van der Waals surface area contributed by atoms with Crippen molar-refractivity contribution in [2.45, 2.75) is 12.8 Å². The second-order valence-corrected chi connectivity index (χ2v) is 5.18. The third kappa shape index (κ3) is 1.95. The Hall–Kier alpha value is -1.35. The van der Waals surface area contributed by atoms with E-state index in [0.717, 1.165) is 38.2 Å². The van der Waals surface area contributed by atoms with Crippen molar-refractivity contribution < 1.29 is 9.53 Å². The summed E-state index contributed by atoms with van der Waals surface area (Å²) in [6.45, 7) is 4.03. The number of carbonyl (C=O) groups is 1. The molecule has 3 nitrogen and oxygen atoms in total. The minimum atomic E-state index is 0.482. The van der Waals surface area contributed by atoms with E-state index in [2.05, 4.69) is 11.0 Å². The van der Waals surface area contributed by atoms with Gasteiger partial charge in [0, 0.05) is 43.0 Å². The predicted molar refractivity (Wildman–Crippen MR) is 66.5 cm³/mol. The van der Waals surface area contributed by atoms with E-state index < -0.39 is 0 Å². The van der Waals surface area contributed by atoms with Crippen molar-refractivity contribution in [3.8, 4) is 0 Å². The van der Waals surface area contributed by atoms with Crippen LogP contribution in [0, 0.1) is 5.41 Å². The van der Waals surface area contributed by atoms with Crippen molar-refractivity contribution in [1.29, 1.82) is 0 Å². The van der Waals surface area contributed by atoms with Crippen LogP contribution in [0.4, 0.5) is 5.69 Å². The van der Waals surface area contributed by atoms with E-state index in [1.807, 2.05) is 18.2 Å². The Kier molecular flexibility index (Phi) is 2.63. The van der Waals surface area contributed by atoms with Crippen LogP contribution in [0.25, 0.3) is 0 Å². The van der Waals surface area contributed by atoms with Crippen LogP contribution in [0.15, 0.2) is 24.3 Å². The molecular weight excluding hydrogens is 214 g/mol. The molecule has 0 radical (unpaired) electrons. The molecule has 0 bridgehead atoms. The van der Waals surface area contributed by atoms with Crippen molar-refractivity contribution >= 4 is 12.0 Å². The van der Waals surface area contributed by atoms with Gasteiger partial charge < -0.3 is 9.64 Å². The summed E-state index contributed by atoms with van der Waals surface area (Å²) in [5.41, 5.74) is 2.41. The SMILES string of the molecule is O=Cc1cccc(N2CC3(CCOCC3)C2)c1. The average molecular weight is 231 g/mol. The Morgan fingerprint density at radius 3 is 2.71 bits per heavy atom. The lowest BCUT2D eigenvalue weighted by Gasteiger charge is -2.53. The highest BCUT2D eigenvalue weighted by molar-refractivity contribution is 5.77. The second kappa shape index (κ2) is 4.15. The molecule has 3 heteroatoms. The maximum Gasteiger partial charge on any atom is 0.150 e. The molecule has 0 amide bonds. The topological polar surface area (TPSA) is 29.5 Å². The minimum Gasteiger partial charge on any atom is -0.381 e. The standard InChI is InChI=1S/C14H17NO2/c16-9-12-2-1-3-13(8-12)15-10-14(11-15)4-6-17-7-5-14/h1-3,8-9H,4-7,10-11H2. The quantitative estimate of drug-likeness (QED) is 0.730. The van der Waals surface area contributed by atoms with Crippen LogP contribution in [0.2, 0.25) is 0 Å². The van der Waals surface area contributed by atoms with Crippen molar-refractivity contribution in [2.24, 2.45) is 5.41 Å². The van der Waals surface area contributed by atoms with Gasteiger partial charge >= 0.3 is 0 Å². The molecule has 1 aromatic carbocycles. The summed E-state index contributed by atoms with van der Waals surface area (Å²) >= 11 is 0. The number of nitrogens with zero attached hydrogens (tertiary/aromatic N) is 1. The maximum absolute atomic E-state index is 10.7. The molecule has 0 aromatic heterocycles. The van der Waals surface area contributed by atoms with Gasteiger partial charge in [-0.1, -0.05) is 12.1 Å². The summed E-state index contributed by atoms with van der Waals surface area (Å²) in [6, 6.07) is 7.85. The number of aldehydes is 1. The second-order valence-electron chi connectivity index (χ2n) is 5.18. The van der Waals surface area contributed by atoms with Gasteiger partial charge in [-0.2, -0.15) is 0 Å². The summed E-state index contributed by atoms with van der Waals surface area (Å²) < 4.78 is 5.41. The van der Waals surface area contributed by atoms with E-state index in [0.29, 0.717) is 5.41 Å². The molecule has 1 spiro atoms. The molecule has 2 aliphatic heterocycles. The Bertz CT molecular complexity index is 416. The van der Waals surface area contributed by atoms with Gasteiger partial charge in [-0.15, -0.1) is 0 Å². The van der Waals surface area contributed by atoms with Gasteiger partial charge in [-0.25, -0.2) is 0 Å². The molecule has 0 unspecified atom stereocenters. The lowest BCUT2D eigenvalue weighted by molar-refractivity contribution is -0.000191. The Morgan fingerprint density at radius 1 is 1.24 bits per heavy atom. The molecule has 0 saturated carbocycles. The summed E-state index contributed by atoms with van der Waals surface area (Å²) in [4.78, 5) is 13.1. The highest BCUT2D eigenvalue weighted by Gasteiger charge is 2.43. The monoisotopic (exact) mass is 231 g/mol. The average Bonchev–Trinajstić information content (AvgIpc) is 2.37. The molecule has 2 saturated heterocycles. The van der Waals surface area contributed by atoms with E-state index in [9.17, 15) is 4.79 Å². The van der Waals surface area contributed by atoms with Crippen molar-refractivity contribution in [1.82, 2.24) is 0 Å². The van der Waals surface area contributed by atoms with Gasteiger partial charge in [0.25, 0.3) is 0 Å². The minimum absolute atomic E-state index is 0.482. The molecule has 0 N–H and O–H groups in total. The van der Waals surface area contributed by atoms with E-state index in [1.165, 1.54) is 18.5 Å². The lowest BCUT2D eigenvalue weighted by atomic mass is 9.73. The molecule has 90 valence electrons. The highest BCUT2D eigenvalue weighted by Crippen LogP contribution is 2.41. The number of benzene rings is 1. The number of rotatable bonds is 2. The van der Waals surface area contributed by atoms with Crippen LogP contribution >= 0.6 is 0 Å². The first-order valence-electron chi connectivity index (χ1n) is 6.19. The summed E-state index contributed by atoms with van der Waals surface area (Å²) in [6.07, 6.45) is 3.27. The predicted octanol–water partition coefficient (Wildman–Crippen LogP) is 2.12. The van der Waals surface area contributed by atoms with Gasteiger partial charge in [0.15, 0.2) is 0 Å². The maximum atomic E-state index is 10.7. The lowest BCUT2D eigenvalue weighted by Crippen LogP contribution is -2.58. The van der Waals surface area contributed by atoms with Crippen LogP contribution in [0.1, 0.15) is 23.2 Å². The Morgan fingerprint density at radius 2 is 2.00 bits per heavy atom. The summed E-state index contributed by atoms with van der Waals surface area (Å²) in [5, 5.41) is 0. The van der Waals surface area contributed by atoms with Crippen LogP contribution < -0.4 is 4.90 Å². The van der Waals surface area contributed by atoms with Crippen LogP contribution in [-0.4, -0.2) is 32.6 Å². The number of hydrogen-bond acceptors (Lipinski definition) is 3. The van der Waals surface area contributed by atoms with Crippen molar-refractivity contribution in [3.63, 3.8) is 0 Å². The highest BCUT2D eigenvalue weighted by atomic mass is 16.5. The van der Waals surface area contributed by atoms with Crippen molar-refractivity contribution in [2.75, 3.05) is 31.2 Å². The smallest absolute Gasteiger partial charge is 0.150 e. The van der Waals surface area contributed by atoms with Crippen molar-refractivity contribution in [3.05, 3.63) is 29.8 Å². The molecule has 2 fully saturated rings. The normalized spacial score (nSPS) is 22.2. The summed E-state index contributed by atoms with van der Waals surface area (Å²) in [7, 11) is 0. The summed E-state index contributed by atoms with van der Waals surface area (Å²) in [5.74, 6) is 0. The zero-order chi connectivity index (χ0) is 11.7. The molecule has 17 heavy (non-hydrogen) atoms. The fourth-order valence-corrected chi connectivity index (χ4v) is 2.86. The first-order valence-corrected chi connectivity index (χ1v) is 6.19. The van der Waals surface area contributed by atoms with Gasteiger partial charge in [-0.3, -0.25) is 4.79 Å². The zero-order valence-electron chi connectivity index (χ0n) is 9.89. The molecule has 0 aliphatic carbocycles. The number of carbonyl (C=O) groups excluding carboxylic acids is 1. The third-order valence-corrected chi connectivity index (χ3v) is 3.98. The molecule has 2 aliphatic rings. The first kappa shape index (κ1) is 10.8. The van der Waals surface area contributed by atoms with Gasteiger partial charge in [0.2, 0.25) is 0 Å². The molecule has 2 heterocycles. The number of anilines is 1. The zero-order valence-corrected chi connectivity index (χ0v) is 9.89.